The van der Waals surface area contributed by atoms with Crippen LogP contribution in [0.25, 0.3) is 0 Å². The van der Waals surface area contributed by atoms with E-state index in [0.29, 0.717) is 51.1 Å². The molecule has 0 bridgehead atoms. The van der Waals surface area contributed by atoms with Crippen molar-refractivity contribution in [3.05, 3.63) is 18.3 Å². The Kier molecular flexibility index (Phi) is 4.81. The van der Waals surface area contributed by atoms with Gasteiger partial charge in [-0.3, -0.25) is 9.59 Å². The number of carbonyl (C=O) groups excluding carboxylic acids is 2. The number of pyridine rings is 1. The summed E-state index contributed by atoms with van der Waals surface area (Å²) < 4.78 is 5.60. The number of ether oxygens (including phenoxy) is 1. The molecule has 0 atom stereocenters. The van der Waals surface area contributed by atoms with E-state index < -0.39 is 11.0 Å². The summed E-state index contributed by atoms with van der Waals surface area (Å²) >= 11 is 0. The minimum atomic E-state index is -0.869. The summed E-state index contributed by atoms with van der Waals surface area (Å²) in [5, 5.41) is 11.3. The molecule has 3 heterocycles. The fraction of sp³-hybridized carbons (Fsp3) is 0.708. The first-order valence-corrected chi connectivity index (χ1v) is 11.7. The van der Waals surface area contributed by atoms with Crippen molar-refractivity contribution in [3.63, 3.8) is 0 Å². The van der Waals surface area contributed by atoms with Crippen LogP contribution in [0.1, 0.15) is 71.6 Å². The van der Waals surface area contributed by atoms with E-state index in [2.05, 4.69) is 4.98 Å². The van der Waals surface area contributed by atoms with Crippen molar-refractivity contribution in [3.8, 4) is 5.88 Å². The standard InChI is InChI=1S/C24H33N3O4/c1-17(2)31-19-4-3-18(15-25-19)26-14-13-22(21(26)29)7-11-24(30,12-8-22)16-27-20(28)5-6-23(27)9-10-23/h3-4,15,17,30H,5-14,16H2,1-2H3. The SMILES string of the molecule is CC(C)Oc1ccc(N2CCC3(CCC(O)(CN4C(=O)CCC45CC5)CC3)C2=O)cn1. The lowest BCUT2D eigenvalue weighted by atomic mass is 9.67. The fourth-order valence-electron chi connectivity index (χ4n) is 5.81. The lowest BCUT2D eigenvalue weighted by Crippen LogP contribution is -2.51. The number of amides is 2. The molecule has 1 aromatic heterocycles. The highest BCUT2D eigenvalue weighted by Crippen LogP contribution is 2.53. The fourth-order valence-corrected chi connectivity index (χ4v) is 5.81. The Bertz CT molecular complexity index is 869. The van der Waals surface area contributed by atoms with E-state index in [1.54, 1.807) is 6.20 Å². The highest BCUT2D eigenvalue weighted by molar-refractivity contribution is 5.99. The van der Waals surface area contributed by atoms with Crippen LogP contribution in [0, 0.1) is 5.41 Å². The van der Waals surface area contributed by atoms with Crippen molar-refractivity contribution in [2.45, 2.75) is 88.9 Å². The van der Waals surface area contributed by atoms with E-state index in [9.17, 15) is 14.7 Å². The van der Waals surface area contributed by atoms with Crippen LogP contribution >= 0.6 is 0 Å². The zero-order chi connectivity index (χ0) is 21.9. The minimum absolute atomic E-state index is 0.0420. The molecule has 2 aliphatic heterocycles. The minimum Gasteiger partial charge on any atom is -0.475 e. The van der Waals surface area contributed by atoms with Gasteiger partial charge < -0.3 is 19.6 Å². The maximum absolute atomic E-state index is 13.4. The summed E-state index contributed by atoms with van der Waals surface area (Å²) in [6, 6.07) is 3.71. The van der Waals surface area contributed by atoms with Crippen LogP contribution in [0.15, 0.2) is 18.3 Å². The molecular weight excluding hydrogens is 394 g/mol. The molecule has 7 nitrogen and oxygen atoms in total. The van der Waals surface area contributed by atoms with E-state index in [-0.39, 0.29) is 23.5 Å². The molecule has 0 unspecified atom stereocenters. The van der Waals surface area contributed by atoms with Crippen LogP contribution in [0.2, 0.25) is 0 Å². The van der Waals surface area contributed by atoms with Crippen LogP contribution in [-0.2, 0) is 9.59 Å². The van der Waals surface area contributed by atoms with Gasteiger partial charge in [-0.15, -0.1) is 0 Å². The Balaban J connectivity index is 1.23. The number of hydrogen-bond donors (Lipinski definition) is 1. The number of aromatic nitrogens is 1. The predicted octanol–water partition coefficient (Wildman–Crippen LogP) is 3.05. The molecule has 2 amide bonds. The van der Waals surface area contributed by atoms with Crippen LogP contribution in [0.5, 0.6) is 5.88 Å². The van der Waals surface area contributed by atoms with Gasteiger partial charge in [0.15, 0.2) is 0 Å². The smallest absolute Gasteiger partial charge is 0.233 e. The molecule has 1 N–H and O–H groups in total. The molecule has 168 valence electrons. The normalized spacial score (nSPS) is 32.0. The number of nitrogens with zero attached hydrogens (tertiary/aromatic N) is 3. The van der Waals surface area contributed by atoms with E-state index in [4.69, 9.17) is 4.74 Å². The van der Waals surface area contributed by atoms with Crippen LogP contribution in [0.4, 0.5) is 5.69 Å². The summed E-state index contributed by atoms with van der Waals surface area (Å²) in [6.07, 6.45) is 8.77. The van der Waals surface area contributed by atoms with Gasteiger partial charge in [-0.2, -0.15) is 0 Å². The molecule has 0 aromatic carbocycles. The predicted molar refractivity (Wildman–Crippen MR) is 116 cm³/mol. The number of β-amino-alcohol motifs (C(OH)–C–C–N with tert-alkyl or cyclic N) is 1. The summed E-state index contributed by atoms with van der Waals surface area (Å²) in [7, 11) is 0. The Morgan fingerprint density at radius 2 is 1.81 bits per heavy atom. The molecule has 2 spiro atoms. The van der Waals surface area contributed by atoms with Crippen molar-refractivity contribution in [1.82, 2.24) is 9.88 Å². The molecule has 31 heavy (non-hydrogen) atoms. The largest absolute Gasteiger partial charge is 0.475 e. The van der Waals surface area contributed by atoms with E-state index in [0.717, 1.165) is 31.4 Å². The van der Waals surface area contributed by atoms with Gasteiger partial charge in [-0.1, -0.05) is 0 Å². The molecule has 5 rings (SSSR count). The summed E-state index contributed by atoms with van der Waals surface area (Å²) in [5.74, 6) is 0.893. The van der Waals surface area contributed by atoms with Gasteiger partial charge in [-0.25, -0.2) is 4.98 Å². The highest BCUT2D eigenvalue weighted by Gasteiger charge is 2.57. The number of aliphatic hydroxyl groups is 1. The Hall–Kier alpha value is -2.15. The van der Waals surface area contributed by atoms with Gasteiger partial charge in [0.05, 0.1) is 29.0 Å². The molecule has 0 radical (unpaired) electrons. The van der Waals surface area contributed by atoms with Gasteiger partial charge in [0, 0.05) is 31.1 Å². The molecule has 4 fully saturated rings. The number of carbonyl (C=O) groups is 2. The average Bonchev–Trinajstić information content (AvgIpc) is 3.39. The third-order valence-electron chi connectivity index (χ3n) is 8.00. The van der Waals surface area contributed by atoms with Crippen molar-refractivity contribution in [2.24, 2.45) is 5.41 Å². The molecule has 7 heteroatoms. The van der Waals surface area contributed by atoms with Crippen LogP contribution < -0.4 is 9.64 Å². The average molecular weight is 428 g/mol. The number of likely N-dealkylation sites (tertiary alicyclic amines) is 1. The van der Waals surface area contributed by atoms with Gasteiger partial charge in [0.25, 0.3) is 0 Å². The second kappa shape index (κ2) is 7.19. The van der Waals surface area contributed by atoms with Gasteiger partial charge in [0.1, 0.15) is 0 Å². The lowest BCUT2D eigenvalue weighted by molar-refractivity contribution is -0.139. The van der Waals surface area contributed by atoms with Gasteiger partial charge in [0.2, 0.25) is 17.7 Å². The number of hydrogen-bond acceptors (Lipinski definition) is 5. The van der Waals surface area contributed by atoms with Gasteiger partial charge in [-0.05, 0) is 71.3 Å². The van der Waals surface area contributed by atoms with Crippen molar-refractivity contribution in [1.29, 1.82) is 0 Å². The van der Waals surface area contributed by atoms with Gasteiger partial charge >= 0.3 is 0 Å². The summed E-state index contributed by atoms with van der Waals surface area (Å²) in [4.78, 5) is 33.9. The second-order valence-electron chi connectivity index (χ2n) is 10.4. The van der Waals surface area contributed by atoms with E-state index >= 15 is 0 Å². The number of anilines is 1. The van der Waals surface area contributed by atoms with Crippen LogP contribution in [-0.4, -0.2) is 57.1 Å². The van der Waals surface area contributed by atoms with Crippen molar-refractivity contribution >= 4 is 17.5 Å². The molecule has 4 aliphatic rings. The third kappa shape index (κ3) is 3.60. The summed E-state index contributed by atoms with van der Waals surface area (Å²) in [5.41, 5.74) is -0.421. The molecule has 2 saturated heterocycles. The highest BCUT2D eigenvalue weighted by atomic mass is 16.5. The zero-order valence-electron chi connectivity index (χ0n) is 18.6. The Morgan fingerprint density at radius 3 is 2.42 bits per heavy atom. The maximum atomic E-state index is 13.4. The van der Waals surface area contributed by atoms with E-state index in [1.807, 2.05) is 35.8 Å². The second-order valence-corrected chi connectivity index (χ2v) is 10.4. The third-order valence-corrected chi connectivity index (χ3v) is 8.00. The van der Waals surface area contributed by atoms with Crippen LogP contribution in [0.3, 0.4) is 0 Å². The summed E-state index contributed by atoms with van der Waals surface area (Å²) in [6.45, 7) is 5.02. The molecule has 1 aromatic rings. The maximum Gasteiger partial charge on any atom is 0.233 e. The lowest BCUT2D eigenvalue weighted by Gasteiger charge is -2.43. The van der Waals surface area contributed by atoms with E-state index in [1.165, 1.54) is 0 Å². The molecular formula is C24H33N3O4. The first-order chi connectivity index (χ1) is 14.7. The molecule has 2 saturated carbocycles. The Morgan fingerprint density at radius 1 is 1.06 bits per heavy atom. The monoisotopic (exact) mass is 427 g/mol. The molecule has 2 aliphatic carbocycles. The quantitative estimate of drug-likeness (QED) is 0.781. The van der Waals surface area contributed by atoms with Crippen molar-refractivity contribution in [2.75, 3.05) is 18.0 Å². The topological polar surface area (TPSA) is 83.0 Å². The van der Waals surface area contributed by atoms with Crippen molar-refractivity contribution < 1.29 is 19.4 Å². The number of rotatable bonds is 5. The first-order valence-electron chi connectivity index (χ1n) is 11.7. The zero-order valence-corrected chi connectivity index (χ0v) is 18.6. The Labute approximate surface area is 183 Å². The first kappa shape index (κ1) is 20.7.